The Morgan fingerprint density at radius 3 is 2.18 bits per heavy atom. The standard InChI is InChI=1S/C33H34N2O4/c1-2-37-33(36)29-19-20-34-21-30(29)27-15-13-26(14-16-27)28-17-18-31(38-22-24-9-5-3-6-10-24)35-32(28)39-23-25-11-7-4-8-12-25/h3-18,29-30,34H,2,19-23H2,1H3. The Bertz CT molecular complexity index is 1340. The molecule has 5 rings (SSSR count). The second-order valence-electron chi connectivity index (χ2n) is 9.63. The predicted octanol–water partition coefficient (Wildman–Crippen LogP) is 6.16. The summed E-state index contributed by atoms with van der Waals surface area (Å²) in [6, 6.07) is 32.3. The van der Waals surface area contributed by atoms with E-state index in [2.05, 4.69) is 29.6 Å². The number of hydrogen-bond acceptors (Lipinski definition) is 6. The topological polar surface area (TPSA) is 69.7 Å². The Labute approximate surface area is 230 Å². The van der Waals surface area contributed by atoms with Crippen LogP contribution in [0.25, 0.3) is 11.1 Å². The van der Waals surface area contributed by atoms with Crippen LogP contribution in [0.3, 0.4) is 0 Å². The van der Waals surface area contributed by atoms with Gasteiger partial charge in [-0.1, -0.05) is 84.9 Å². The Balaban J connectivity index is 1.38. The normalized spacial score (nSPS) is 16.8. The molecule has 0 radical (unpaired) electrons. The number of rotatable bonds is 10. The third-order valence-electron chi connectivity index (χ3n) is 7.00. The number of esters is 1. The number of carbonyl (C=O) groups excluding carboxylic acids is 1. The van der Waals surface area contributed by atoms with Gasteiger partial charge in [-0.05, 0) is 48.2 Å². The van der Waals surface area contributed by atoms with Crippen LogP contribution in [0.1, 0.15) is 36.0 Å². The van der Waals surface area contributed by atoms with Crippen molar-refractivity contribution in [1.82, 2.24) is 10.3 Å². The monoisotopic (exact) mass is 522 g/mol. The Morgan fingerprint density at radius 2 is 1.51 bits per heavy atom. The van der Waals surface area contributed by atoms with Crippen LogP contribution in [0.15, 0.2) is 97.1 Å². The maximum atomic E-state index is 12.6. The summed E-state index contributed by atoms with van der Waals surface area (Å²) in [5.41, 5.74) is 5.12. The zero-order chi connectivity index (χ0) is 26.9. The zero-order valence-electron chi connectivity index (χ0n) is 22.2. The van der Waals surface area contributed by atoms with E-state index in [0.29, 0.717) is 31.6 Å². The van der Waals surface area contributed by atoms with E-state index < -0.39 is 0 Å². The van der Waals surface area contributed by atoms with Gasteiger partial charge in [0.05, 0.1) is 12.5 Å². The Kier molecular flexibility index (Phi) is 8.86. The molecule has 1 aromatic heterocycles. The fourth-order valence-electron chi connectivity index (χ4n) is 4.94. The van der Waals surface area contributed by atoms with Crippen LogP contribution in [0.5, 0.6) is 11.8 Å². The molecule has 2 heterocycles. The third kappa shape index (κ3) is 6.84. The highest BCUT2D eigenvalue weighted by Gasteiger charge is 2.33. The van der Waals surface area contributed by atoms with E-state index in [1.807, 2.05) is 79.7 Å². The van der Waals surface area contributed by atoms with Crippen LogP contribution in [0.4, 0.5) is 0 Å². The summed E-state index contributed by atoms with van der Waals surface area (Å²) in [7, 11) is 0. The summed E-state index contributed by atoms with van der Waals surface area (Å²) in [5, 5.41) is 3.43. The number of piperidine rings is 1. The van der Waals surface area contributed by atoms with Gasteiger partial charge < -0.3 is 19.5 Å². The molecule has 0 aliphatic carbocycles. The van der Waals surface area contributed by atoms with Crippen LogP contribution in [0, 0.1) is 5.92 Å². The molecule has 6 heteroatoms. The molecule has 0 bridgehead atoms. The van der Waals surface area contributed by atoms with Crippen LogP contribution in [-0.4, -0.2) is 30.6 Å². The summed E-state index contributed by atoms with van der Waals surface area (Å²) in [6.07, 6.45) is 0.775. The lowest BCUT2D eigenvalue weighted by molar-refractivity contribution is -0.149. The van der Waals surface area contributed by atoms with E-state index in [1.165, 1.54) is 0 Å². The van der Waals surface area contributed by atoms with Crippen molar-refractivity contribution < 1.29 is 19.0 Å². The molecule has 1 N–H and O–H groups in total. The van der Waals surface area contributed by atoms with Crippen molar-refractivity contribution in [1.29, 1.82) is 0 Å². The molecule has 200 valence electrons. The summed E-state index contributed by atoms with van der Waals surface area (Å²) >= 11 is 0. The van der Waals surface area contributed by atoms with Crippen molar-refractivity contribution in [3.8, 4) is 22.9 Å². The minimum Gasteiger partial charge on any atom is -0.473 e. The van der Waals surface area contributed by atoms with Crippen molar-refractivity contribution in [2.45, 2.75) is 32.5 Å². The van der Waals surface area contributed by atoms with Gasteiger partial charge >= 0.3 is 5.97 Å². The molecule has 1 fully saturated rings. The number of benzene rings is 3. The number of hydrogen-bond donors (Lipinski definition) is 1. The first-order valence-electron chi connectivity index (χ1n) is 13.5. The first-order valence-corrected chi connectivity index (χ1v) is 13.5. The maximum Gasteiger partial charge on any atom is 0.309 e. The second-order valence-corrected chi connectivity index (χ2v) is 9.63. The fourth-order valence-corrected chi connectivity index (χ4v) is 4.94. The first-order chi connectivity index (χ1) is 19.2. The second kappa shape index (κ2) is 13.1. The predicted molar refractivity (Wildman–Crippen MR) is 152 cm³/mol. The molecule has 1 aliphatic heterocycles. The molecule has 4 aromatic rings. The van der Waals surface area contributed by atoms with Gasteiger partial charge in [0, 0.05) is 24.1 Å². The van der Waals surface area contributed by atoms with E-state index >= 15 is 0 Å². The lowest BCUT2D eigenvalue weighted by Crippen LogP contribution is -2.39. The molecule has 0 amide bonds. The van der Waals surface area contributed by atoms with Gasteiger partial charge in [-0.25, -0.2) is 0 Å². The van der Waals surface area contributed by atoms with E-state index in [-0.39, 0.29) is 17.8 Å². The number of carbonyl (C=O) groups is 1. The van der Waals surface area contributed by atoms with Crippen molar-refractivity contribution in [2.75, 3.05) is 19.7 Å². The highest BCUT2D eigenvalue weighted by atomic mass is 16.5. The van der Waals surface area contributed by atoms with Gasteiger partial charge in [0.25, 0.3) is 0 Å². The van der Waals surface area contributed by atoms with Crippen LogP contribution < -0.4 is 14.8 Å². The van der Waals surface area contributed by atoms with Crippen molar-refractivity contribution in [3.63, 3.8) is 0 Å². The number of aromatic nitrogens is 1. The van der Waals surface area contributed by atoms with E-state index in [1.54, 1.807) is 0 Å². The smallest absolute Gasteiger partial charge is 0.309 e. The molecule has 2 atom stereocenters. The molecule has 1 aliphatic rings. The minimum atomic E-state index is -0.135. The van der Waals surface area contributed by atoms with Crippen molar-refractivity contribution >= 4 is 5.97 Å². The number of pyridine rings is 1. The average Bonchev–Trinajstić information content (AvgIpc) is 3.00. The van der Waals surface area contributed by atoms with E-state index in [4.69, 9.17) is 19.2 Å². The number of ether oxygens (including phenoxy) is 3. The summed E-state index contributed by atoms with van der Waals surface area (Å²) in [6.45, 7) is 4.66. The molecule has 1 saturated heterocycles. The van der Waals surface area contributed by atoms with Crippen LogP contribution in [-0.2, 0) is 22.7 Å². The molecule has 39 heavy (non-hydrogen) atoms. The fraction of sp³-hybridized carbons (Fsp3) is 0.273. The lowest BCUT2D eigenvalue weighted by atomic mass is 9.81. The van der Waals surface area contributed by atoms with Crippen molar-refractivity contribution in [2.24, 2.45) is 5.92 Å². The molecular weight excluding hydrogens is 488 g/mol. The van der Waals surface area contributed by atoms with E-state index in [9.17, 15) is 4.79 Å². The average molecular weight is 523 g/mol. The molecule has 0 spiro atoms. The molecule has 0 saturated carbocycles. The quantitative estimate of drug-likeness (QED) is 0.252. The lowest BCUT2D eigenvalue weighted by Gasteiger charge is -2.31. The minimum absolute atomic E-state index is 0.0764. The number of nitrogens with zero attached hydrogens (tertiary/aromatic N) is 1. The van der Waals surface area contributed by atoms with Gasteiger partial charge in [-0.3, -0.25) is 4.79 Å². The summed E-state index contributed by atoms with van der Waals surface area (Å²) < 4.78 is 17.6. The van der Waals surface area contributed by atoms with Gasteiger partial charge in [-0.2, -0.15) is 4.98 Å². The Morgan fingerprint density at radius 1 is 0.846 bits per heavy atom. The third-order valence-corrected chi connectivity index (χ3v) is 7.00. The molecule has 3 aromatic carbocycles. The molecule has 2 unspecified atom stereocenters. The van der Waals surface area contributed by atoms with Crippen LogP contribution in [0.2, 0.25) is 0 Å². The van der Waals surface area contributed by atoms with Gasteiger partial charge in [0.2, 0.25) is 11.8 Å². The van der Waals surface area contributed by atoms with Crippen molar-refractivity contribution in [3.05, 3.63) is 114 Å². The first kappa shape index (κ1) is 26.4. The summed E-state index contributed by atoms with van der Waals surface area (Å²) in [5.74, 6) is 0.853. The maximum absolute atomic E-state index is 12.6. The van der Waals surface area contributed by atoms with Gasteiger partial charge in [0.1, 0.15) is 13.2 Å². The van der Waals surface area contributed by atoms with Crippen LogP contribution >= 0.6 is 0 Å². The van der Waals surface area contributed by atoms with E-state index in [0.717, 1.165) is 47.3 Å². The molecular formula is C33H34N2O4. The number of nitrogens with one attached hydrogen (secondary N) is 1. The highest BCUT2D eigenvalue weighted by Crippen LogP contribution is 2.35. The largest absolute Gasteiger partial charge is 0.473 e. The Hall–Kier alpha value is -4.16. The summed E-state index contributed by atoms with van der Waals surface area (Å²) in [4.78, 5) is 17.3. The van der Waals surface area contributed by atoms with Gasteiger partial charge in [-0.15, -0.1) is 0 Å². The molecule has 6 nitrogen and oxygen atoms in total. The zero-order valence-corrected chi connectivity index (χ0v) is 22.2. The highest BCUT2D eigenvalue weighted by molar-refractivity contribution is 5.74. The SMILES string of the molecule is CCOC(=O)C1CCNCC1c1ccc(-c2ccc(OCc3ccccc3)nc2OCc2ccccc2)cc1. The van der Waals surface area contributed by atoms with Gasteiger partial charge in [0.15, 0.2) is 0 Å².